The zero-order valence-electron chi connectivity index (χ0n) is 13.4. The van der Waals surface area contributed by atoms with Crippen LogP contribution in [-0.2, 0) is 12.6 Å². The van der Waals surface area contributed by atoms with Gasteiger partial charge in [-0.05, 0) is 24.1 Å². The predicted molar refractivity (Wildman–Crippen MR) is 86.7 cm³/mol. The number of aromatic nitrogens is 1. The van der Waals surface area contributed by atoms with Crippen molar-refractivity contribution in [2.45, 2.75) is 18.6 Å². The van der Waals surface area contributed by atoms with Crippen LogP contribution in [0.4, 0.5) is 18.9 Å². The van der Waals surface area contributed by atoms with Crippen molar-refractivity contribution in [1.29, 1.82) is 0 Å². The maximum atomic E-state index is 12.8. The van der Waals surface area contributed by atoms with E-state index < -0.39 is 28.8 Å². The lowest BCUT2D eigenvalue weighted by Gasteiger charge is -2.33. The molecule has 1 aromatic heterocycles. The molecule has 0 saturated heterocycles. The summed E-state index contributed by atoms with van der Waals surface area (Å²) in [5.74, 6) is -0.815. The average Bonchev–Trinajstić information content (AvgIpc) is 2.54. The summed E-state index contributed by atoms with van der Waals surface area (Å²) in [4.78, 5) is 28.0. The van der Waals surface area contributed by atoms with E-state index in [1.807, 2.05) is 41.2 Å². The first-order chi connectivity index (χ1) is 11.8. The number of alkyl halides is 3. The number of aromatic amines is 1. The van der Waals surface area contributed by atoms with Crippen molar-refractivity contribution in [3.05, 3.63) is 63.6 Å². The van der Waals surface area contributed by atoms with Gasteiger partial charge in [0.25, 0.3) is 11.5 Å². The number of H-pyrrole nitrogens is 1. The molecule has 132 valence electrons. The number of fused-ring (bicyclic) bond motifs is 1. The van der Waals surface area contributed by atoms with Crippen LogP contribution in [-0.4, -0.2) is 30.5 Å². The van der Waals surface area contributed by atoms with Crippen molar-refractivity contribution in [3.8, 4) is 0 Å². The SMILES string of the molecule is CN1CC(NC(=O)c2cc(C(F)(F)F)c[nH]c2=O)Cc2ccccc21. The van der Waals surface area contributed by atoms with Gasteiger partial charge in [-0.15, -0.1) is 0 Å². The number of rotatable bonds is 2. The molecule has 2 N–H and O–H groups in total. The van der Waals surface area contributed by atoms with E-state index in [0.29, 0.717) is 25.2 Å². The molecular formula is C17H16F3N3O2. The summed E-state index contributed by atoms with van der Waals surface area (Å²) in [6.07, 6.45) is -3.53. The van der Waals surface area contributed by atoms with Crippen LogP contribution in [0.15, 0.2) is 41.3 Å². The van der Waals surface area contributed by atoms with E-state index in [4.69, 9.17) is 0 Å². The Kier molecular flexibility index (Phi) is 4.28. The van der Waals surface area contributed by atoms with Crippen molar-refractivity contribution < 1.29 is 18.0 Å². The van der Waals surface area contributed by atoms with Gasteiger partial charge < -0.3 is 15.2 Å². The topological polar surface area (TPSA) is 65.2 Å². The molecular weight excluding hydrogens is 335 g/mol. The second kappa shape index (κ2) is 6.27. The van der Waals surface area contributed by atoms with E-state index in [2.05, 4.69) is 5.32 Å². The lowest BCUT2D eigenvalue weighted by molar-refractivity contribution is -0.137. The first-order valence-electron chi connectivity index (χ1n) is 7.65. The summed E-state index contributed by atoms with van der Waals surface area (Å²) < 4.78 is 38.3. The molecule has 0 radical (unpaired) electrons. The number of likely N-dealkylation sites (N-methyl/N-ethyl adjacent to an activating group) is 1. The Balaban J connectivity index is 1.81. The van der Waals surface area contributed by atoms with Crippen LogP contribution in [0.2, 0.25) is 0 Å². The minimum absolute atomic E-state index is 0.304. The number of nitrogens with one attached hydrogen (secondary N) is 2. The lowest BCUT2D eigenvalue weighted by atomic mass is 9.98. The Morgan fingerprint density at radius 1 is 1.32 bits per heavy atom. The molecule has 1 atom stereocenters. The second-order valence-corrected chi connectivity index (χ2v) is 6.01. The number of hydrogen-bond acceptors (Lipinski definition) is 3. The molecule has 1 aromatic carbocycles. The van der Waals surface area contributed by atoms with Crippen LogP contribution >= 0.6 is 0 Å². The summed E-state index contributed by atoms with van der Waals surface area (Å²) in [6, 6.07) is 7.97. The third-order valence-electron chi connectivity index (χ3n) is 4.17. The number of pyridine rings is 1. The van der Waals surface area contributed by atoms with Crippen LogP contribution in [0.1, 0.15) is 21.5 Å². The molecule has 0 saturated carbocycles. The molecule has 2 heterocycles. The summed E-state index contributed by atoms with van der Waals surface area (Å²) >= 11 is 0. The Morgan fingerprint density at radius 2 is 2.04 bits per heavy atom. The number of hydrogen-bond donors (Lipinski definition) is 2. The van der Waals surface area contributed by atoms with Gasteiger partial charge in [0, 0.05) is 25.5 Å². The van der Waals surface area contributed by atoms with Gasteiger partial charge in [0.15, 0.2) is 0 Å². The molecule has 1 aliphatic heterocycles. The average molecular weight is 351 g/mol. The minimum atomic E-state index is -4.64. The molecule has 0 spiro atoms. The summed E-state index contributed by atoms with van der Waals surface area (Å²) in [5, 5.41) is 2.66. The van der Waals surface area contributed by atoms with Crippen LogP contribution in [0.5, 0.6) is 0 Å². The fraction of sp³-hybridized carbons (Fsp3) is 0.294. The highest BCUT2D eigenvalue weighted by Crippen LogP contribution is 2.28. The highest BCUT2D eigenvalue weighted by atomic mass is 19.4. The Labute approximate surface area is 141 Å². The molecule has 1 amide bonds. The number of halogens is 3. The highest BCUT2D eigenvalue weighted by Gasteiger charge is 2.32. The molecule has 8 heteroatoms. The number of carbonyl (C=O) groups excluding carboxylic acids is 1. The standard InChI is InChI=1S/C17H16F3N3O2/c1-23-9-12(6-10-4-2-3-5-14(10)23)22-16(25)13-7-11(17(18,19)20)8-21-15(13)24/h2-5,7-8,12H,6,9H2,1H3,(H,21,24)(H,22,25). The van der Waals surface area contributed by atoms with Gasteiger partial charge in [0.1, 0.15) is 5.56 Å². The highest BCUT2D eigenvalue weighted by molar-refractivity contribution is 5.94. The van der Waals surface area contributed by atoms with Gasteiger partial charge in [-0.1, -0.05) is 18.2 Å². The predicted octanol–water partition coefficient (Wildman–Crippen LogP) is 2.18. The molecule has 0 aliphatic carbocycles. The van der Waals surface area contributed by atoms with Crippen molar-refractivity contribution in [1.82, 2.24) is 10.3 Å². The van der Waals surface area contributed by atoms with E-state index in [0.717, 1.165) is 11.3 Å². The fourth-order valence-electron chi connectivity index (χ4n) is 2.99. The molecule has 25 heavy (non-hydrogen) atoms. The normalized spacial score (nSPS) is 17.1. The second-order valence-electron chi connectivity index (χ2n) is 6.01. The van der Waals surface area contributed by atoms with Gasteiger partial charge in [-0.25, -0.2) is 0 Å². The van der Waals surface area contributed by atoms with Crippen LogP contribution < -0.4 is 15.8 Å². The maximum Gasteiger partial charge on any atom is 0.417 e. The number of carbonyl (C=O) groups is 1. The summed E-state index contributed by atoms with van der Waals surface area (Å²) in [6.45, 7) is 0.500. The third kappa shape index (κ3) is 3.52. The third-order valence-corrected chi connectivity index (χ3v) is 4.17. The van der Waals surface area contributed by atoms with E-state index >= 15 is 0 Å². The van der Waals surface area contributed by atoms with E-state index in [1.165, 1.54) is 0 Å². The minimum Gasteiger partial charge on any atom is -0.372 e. The van der Waals surface area contributed by atoms with Crippen molar-refractivity contribution in [3.63, 3.8) is 0 Å². The maximum absolute atomic E-state index is 12.8. The van der Waals surface area contributed by atoms with Gasteiger partial charge >= 0.3 is 6.18 Å². The first kappa shape index (κ1) is 17.1. The quantitative estimate of drug-likeness (QED) is 0.872. The van der Waals surface area contributed by atoms with Gasteiger partial charge in [-0.3, -0.25) is 9.59 Å². The number of nitrogens with zero attached hydrogens (tertiary/aromatic N) is 1. The number of amides is 1. The van der Waals surface area contributed by atoms with E-state index in [9.17, 15) is 22.8 Å². The van der Waals surface area contributed by atoms with E-state index in [-0.39, 0.29) is 6.04 Å². The van der Waals surface area contributed by atoms with Crippen molar-refractivity contribution in [2.24, 2.45) is 0 Å². The zero-order valence-corrected chi connectivity index (χ0v) is 13.4. The number of anilines is 1. The largest absolute Gasteiger partial charge is 0.417 e. The molecule has 2 aromatic rings. The monoisotopic (exact) mass is 351 g/mol. The molecule has 1 unspecified atom stereocenters. The van der Waals surface area contributed by atoms with Crippen LogP contribution in [0.3, 0.4) is 0 Å². The summed E-state index contributed by atoms with van der Waals surface area (Å²) in [5.41, 5.74) is -0.390. The Hall–Kier alpha value is -2.77. The number of benzene rings is 1. The van der Waals surface area contributed by atoms with Crippen LogP contribution in [0.25, 0.3) is 0 Å². The van der Waals surface area contributed by atoms with Crippen LogP contribution in [0, 0.1) is 0 Å². The van der Waals surface area contributed by atoms with E-state index in [1.54, 1.807) is 0 Å². The molecule has 5 nitrogen and oxygen atoms in total. The molecule has 3 rings (SSSR count). The fourth-order valence-corrected chi connectivity index (χ4v) is 2.99. The Bertz CT molecular complexity index is 861. The first-order valence-corrected chi connectivity index (χ1v) is 7.65. The number of para-hydroxylation sites is 1. The lowest BCUT2D eigenvalue weighted by Crippen LogP contribution is -2.48. The molecule has 0 bridgehead atoms. The zero-order chi connectivity index (χ0) is 18.2. The summed E-state index contributed by atoms with van der Waals surface area (Å²) in [7, 11) is 1.87. The van der Waals surface area contributed by atoms with Crippen molar-refractivity contribution >= 4 is 11.6 Å². The van der Waals surface area contributed by atoms with Gasteiger partial charge in [0.2, 0.25) is 0 Å². The smallest absolute Gasteiger partial charge is 0.372 e. The van der Waals surface area contributed by atoms with Crippen molar-refractivity contribution in [2.75, 3.05) is 18.5 Å². The van der Waals surface area contributed by atoms with Gasteiger partial charge in [-0.2, -0.15) is 13.2 Å². The van der Waals surface area contributed by atoms with Gasteiger partial charge in [0.05, 0.1) is 11.6 Å². The Morgan fingerprint density at radius 3 is 2.76 bits per heavy atom. The molecule has 0 fully saturated rings. The molecule has 1 aliphatic rings.